The SMILES string of the molecule is C=CCNc1ccc(C(=O)NCc2ccccc2C)nn1. The summed E-state index contributed by atoms with van der Waals surface area (Å²) in [7, 11) is 0. The van der Waals surface area contributed by atoms with Gasteiger partial charge < -0.3 is 10.6 Å². The van der Waals surface area contributed by atoms with Crippen molar-refractivity contribution in [3.05, 3.63) is 65.9 Å². The number of nitrogens with one attached hydrogen (secondary N) is 2. The summed E-state index contributed by atoms with van der Waals surface area (Å²) in [5.74, 6) is 0.381. The average Bonchev–Trinajstić information content (AvgIpc) is 2.52. The molecule has 5 nitrogen and oxygen atoms in total. The van der Waals surface area contributed by atoms with Crippen molar-refractivity contribution in [3.63, 3.8) is 0 Å². The Morgan fingerprint density at radius 3 is 2.71 bits per heavy atom. The monoisotopic (exact) mass is 282 g/mol. The Bertz CT molecular complexity index is 622. The van der Waals surface area contributed by atoms with Gasteiger partial charge in [-0.1, -0.05) is 30.3 Å². The molecule has 0 saturated carbocycles. The number of hydrogen-bond acceptors (Lipinski definition) is 4. The van der Waals surface area contributed by atoms with Crippen LogP contribution in [0.3, 0.4) is 0 Å². The van der Waals surface area contributed by atoms with Gasteiger partial charge in [0.25, 0.3) is 5.91 Å². The van der Waals surface area contributed by atoms with E-state index in [9.17, 15) is 4.79 Å². The van der Waals surface area contributed by atoms with Crippen LogP contribution in [-0.2, 0) is 6.54 Å². The normalized spacial score (nSPS) is 9.95. The molecule has 1 heterocycles. The first-order valence-corrected chi connectivity index (χ1v) is 6.72. The van der Waals surface area contributed by atoms with Crippen molar-refractivity contribution in [2.24, 2.45) is 0 Å². The van der Waals surface area contributed by atoms with Gasteiger partial charge in [0.15, 0.2) is 5.69 Å². The number of anilines is 1. The van der Waals surface area contributed by atoms with E-state index >= 15 is 0 Å². The van der Waals surface area contributed by atoms with Crippen molar-refractivity contribution in [1.82, 2.24) is 15.5 Å². The summed E-state index contributed by atoms with van der Waals surface area (Å²) in [5.41, 5.74) is 2.53. The van der Waals surface area contributed by atoms with Crippen LogP contribution in [0, 0.1) is 6.92 Å². The second-order valence-electron chi connectivity index (χ2n) is 4.58. The van der Waals surface area contributed by atoms with E-state index < -0.39 is 0 Å². The van der Waals surface area contributed by atoms with Crippen LogP contribution in [0.1, 0.15) is 21.6 Å². The summed E-state index contributed by atoms with van der Waals surface area (Å²) >= 11 is 0. The number of rotatable bonds is 6. The van der Waals surface area contributed by atoms with Crippen LogP contribution < -0.4 is 10.6 Å². The molecule has 1 amide bonds. The van der Waals surface area contributed by atoms with Gasteiger partial charge in [-0.3, -0.25) is 4.79 Å². The molecule has 2 aromatic rings. The molecule has 0 unspecified atom stereocenters. The summed E-state index contributed by atoms with van der Waals surface area (Å²) in [4.78, 5) is 12.0. The Kier molecular flexibility index (Phi) is 5.04. The molecule has 0 saturated heterocycles. The number of carbonyl (C=O) groups excluding carboxylic acids is 1. The van der Waals surface area contributed by atoms with Crippen molar-refractivity contribution in [1.29, 1.82) is 0 Å². The van der Waals surface area contributed by atoms with Crippen LogP contribution >= 0.6 is 0 Å². The molecule has 2 rings (SSSR count). The second-order valence-corrected chi connectivity index (χ2v) is 4.58. The molecule has 2 N–H and O–H groups in total. The molecule has 0 radical (unpaired) electrons. The first kappa shape index (κ1) is 14.7. The third-order valence-corrected chi connectivity index (χ3v) is 3.03. The number of amides is 1. The molecule has 21 heavy (non-hydrogen) atoms. The summed E-state index contributed by atoms with van der Waals surface area (Å²) in [5, 5.41) is 13.7. The lowest BCUT2D eigenvalue weighted by atomic mass is 10.1. The van der Waals surface area contributed by atoms with Crippen molar-refractivity contribution in [2.45, 2.75) is 13.5 Å². The van der Waals surface area contributed by atoms with E-state index in [0.29, 0.717) is 24.6 Å². The predicted octanol–water partition coefficient (Wildman–Crippen LogP) is 2.31. The molecule has 108 valence electrons. The summed E-state index contributed by atoms with van der Waals surface area (Å²) in [6, 6.07) is 11.3. The molecule has 1 aromatic heterocycles. The van der Waals surface area contributed by atoms with Gasteiger partial charge in [0, 0.05) is 13.1 Å². The van der Waals surface area contributed by atoms with Crippen LogP contribution in [0.5, 0.6) is 0 Å². The van der Waals surface area contributed by atoms with Gasteiger partial charge >= 0.3 is 0 Å². The first-order chi connectivity index (χ1) is 10.2. The molecule has 0 bridgehead atoms. The summed E-state index contributed by atoms with van der Waals surface area (Å²) in [6.07, 6.45) is 1.73. The smallest absolute Gasteiger partial charge is 0.272 e. The van der Waals surface area contributed by atoms with Crippen LogP contribution in [0.25, 0.3) is 0 Å². The highest BCUT2D eigenvalue weighted by Gasteiger charge is 2.08. The lowest BCUT2D eigenvalue weighted by Gasteiger charge is -2.07. The molecule has 0 fully saturated rings. The Labute approximate surface area is 124 Å². The maximum Gasteiger partial charge on any atom is 0.272 e. The third-order valence-electron chi connectivity index (χ3n) is 3.03. The maximum atomic E-state index is 12.0. The van der Waals surface area contributed by atoms with E-state index in [0.717, 1.165) is 11.1 Å². The van der Waals surface area contributed by atoms with Crippen LogP contribution in [0.15, 0.2) is 49.1 Å². The predicted molar refractivity (Wildman–Crippen MR) is 83.1 cm³/mol. The zero-order valence-corrected chi connectivity index (χ0v) is 12.0. The van der Waals surface area contributed by atoms with Gasteiger partial charge in [0.05, 0.1) is 0 Å². The average molecular weight is 282 g/mol. The highest BCUT2D eigenvalue weighted by molar-refractivity contribution is 5.92. The van der Waals surface area contributed by atoms with E-state index in [2.05, 4.69) is 27.4 Å². The third kappa shape index (κ3) is 4.14. The van der Waals surface area contributed by atoms with Crippen LogP contribution in [-0.4, -0.2) is 22.6 Å². The van der Waals surface area contributed by atoms with Gasteiger partial charge in [-0.2, -0.15) is 0 Å². The van der Waals surface area contributed by atoms with Gasteiger partial charge in [0.2, 0.25) is 0 Å². The molecule has 5 heteroatoms. The minimum atomic E-state index is -0.235. The molecule has 0 aliphatic carbocycles. The fourth-order valence-corrected chi connectivity index (χ4v) is 1.80. The maximum absolute atomic E-state index is 12.0. The fourth-order valence-electron chi connectivity index (χ4n) is 1.80. The van der Waals surface area contributed by atoms with Crippen molar-refractivity contribution in [3.8, 4) is 0 Å². The molecular formula is C16H18N4O. The lowest BCUT2D eigenvalue weighted by Crippen LogP contribution is -2.24. The zero-order chi connectivity index (χ0) is 15.1. The Hall–Kier alpha value is -2.69. The minimum absolute atomic E-state index is 0.235. The van der Waals surface area contributed by atoms with E-state index in [1.54, 1.807) is 18.2 Å². The van der Waals surface area contributed by atoms with Crippen LogP contribution in [0.4, 0.5) is 5.82 Å². The number of hydrogen-bond donors (Lipinski definition) is 2. The second kappa shape index (κ2) is 7.19. The number of aromatic nitrogens is 2. The minimum Gasteiger partial charge on any atom is -0.365 e. The molecule has 0 spiro atoms. The van der Waals surface area contributed by atoms with Crippen LogP contribution in [0.2, 0.25) is 0 Å². The van der Waals surface area contributed by atoms with E-state index in [4.69, 9.17) is 0 Å². The van der Waals surface area contributed by atoms with Crippen molar-refractivity contribution >= 4 is 11.7 Å². The quantitative estimate of drug-likeness (QED) is 0.798. The van der Waals surface area contributed by atoms with Gasteiger partial charge in [-0.15, -0.1) is 16.8 Å². The van der Waals surface area contributed by atoms with E-state index in [1.165, 1.54) is 0 Å². The first-order valence-electron chi connectivity index (χ1n) is 6.72. The molecule has 0 atom stereocenters. The lowest BCUT2D eigenvalue weighted by molar-refractivity contribution is 0.0945. The van der Waals surface area contributed by atoms with E-state index in [-0.39, 0.29) is 5.91 Å². The number of aryl methyl sites for hydroxylation is 1. The highest BCUT2D eigenvalue weighted by atomic mass is 16.1. The molecular weight excluding hydrogens is 264 g/mol. The fraction of sp³-hybridized carbons (Fsp3) is 0.188. The number of carbonyl (C=O) groups is 1. The summed E-state index contributed by atoms with van der Waals surface area (Å²) < 4.78 is 0. The highest BCUT2D eigenvalue weighted by Crippen LogP contribution is 2.07. The Morgan fingerprint density at radius 2 is 2.05 bits per heavy atom. The molecule has 0 aliphatic heterocycles. The largest absolute Gasteiger partial charge is 0.365 e. The van der Waals surface area contributed by atoms with Gasteiger partial charge in [0.1, 0.15) is 5.82 Å². The molecule has 1 aromatic carbocycles. The van der Waals surface area contributed by atoms with Crippen molar-refractivity contribution < 1.29 is 4.79 Å². The zero-order valence-electron chi connectivity index (χ0n) is 12.0. The standard InChI is InChI=1S/C16H18N4O/c1-3-10-17-15-9-8-14(19-20-15)16(21)18-11-13-7-5-4-6-12(13)2/h3-9H,1,10-11H2,2H3,(H,17,20)(H,18,21). The number of benzene rings is 1. The van der Waals surface area contributed by atoms with E-state index in [1.807, 2.05) is 31.2 Å². The summed E-state index contributed by atoms with van der Waals surface area (Å²) in [6.45, 7) is 6.70. The van der Waals surface area contributed by atoms with Gasteiger partial charge in [-0.05, 0) is 30.2 Å². The Balaban J connectivity index is 1.94. The topological polar surface area (TPSA) is 66.9 Å². The van der Waals surface area contributed by atoms with Crippen molar-refractivity contribution in [2.75, 3.05) is 11.9 Å². The molecule has 0 aliphatic rings. The number of nitrogens with zero attached hydrogens (tertiary/aromatic N) is 2. The Morgan fingerprint density at radius 1 is 1.24 bits per heavy atom. The van der Waals surface area contributed by atoms with Gasteiger partial charge in [-0.25, -0.2) is 0 Å².